The number of halogens is 1. The maximum absolute atomic E-state index is 12.2. The monoisotopic (exact) mass is 323 g/mol. The van der Waals surface area contributed by atoms with E-state index >= 15 is 0 Å². The molecule has 0 aliphatic heterocycles. The van der Waals surface area contributed by atoms with Gasteiger partial charge in [-0.15, -0.1) is 6.58 Å². The summed E-state index contributed by atoms with van der Waals surface area (Å²) in [6.07, 6.45) is 3.88. The Balaban J connectivity index is 2.40. The van der Waals surface area contributed by atoms with Gasteiger partial charge in [-0.2, -0.15) is 0 Å². The number of aryl methyl sites for hydroxylation is 1. The highest BCUT2D eigenvalue weighted by Gasteiger charge is 2.13. The van der Waals surface area contributed by atoms with Crippen molar-refractivity contribution in [3.8, 4) is 0 Å². The van der Waals surface area contributed by atoms with E-state index < -0.39 is 0 Å². The normalized spacial score (nSPS) is 10.1. The summed E-state index contributed by atoms with van der Waals surface area (Å²) in [5, 5.41) is 0.708. The van der Waals surface area contributed by atoms with Crippen molar-refractivity contribution in [3.05, 3.63) is 47.5 Å². The Morgan fingerprint density at radius 3 is 2.55 bits per heavy atom. The molecule has 0 bridgehead atoms. The standard InChI is InChI=1S/C17H22ClNO3/c1-3-12-19(13-11-17(21)22-2)16(20)6-4-5-14-7-9-15(18)10-8-14/h3,7-10H,1,4-6,11-13H2,2H3. The molecule has 0 aromatic heterocycles. The number of nitrogens with zero attached hydrogens (tertiary/aromatic N) is 1. The lowest BCUT2D eigenvalue weighted by Crippen LogP contribution is -2.33. The van der Waals surface area contributed by atoms with E-state index in [0.29, 0.717) is 24.5 Å². The molecule has 0 saturated heterocycles. The van der Waals surface area contributed by atoms with E-state index in [-0.39, 0.29) is 18.3 Å². The molecular weight excluding hydrogens is 302 g/mol. The zero-order valence-electron chi connectivity index (χ0n) is 12.9. The number of methoxy groups -OCH3 is 1. The summed E-state index contributed by atoms with van der Waals surface area (Å²) in [7, 11) is 1.34. The van der Waals surface area contributed by atoms with E-state index in [1.807, 2.05) is 24.3 Å². The van der Waals surface area contributed by atoms with Gasteiger partial charge in [0.15, 0.2) is 0 Å². The van der Waals surface area contributed by atoms with Crippen LogP contribution in [-0.4, -0.2) is 37.0 Å². The van der Waals surface area contributed by atoms with E-state index in [2.05, 4.69) is 11.3 Å². The topological polar surface area (TPSA) is 46.6 Å². The van der Waals surface area contributed by atoms with Crippen molar-refractivity contribution in [1.29, 1.82) is 0 Å². The van der Waals surface area contributed by atoms with Crippen LogP contribution in [0.15, 0.2) is 36.9 Å². The van der Waals surface area contributed by atoms with Crippen LogP contribution in [0.25, 0.3) is 0 Å². The SMILES string of the molecule is C=CCN(CCC(=O)OC)C(=O)CCCc1ccc(Cl)cc1. The summed E-state index contributed by atoms with van der Waals surface area (Å²) in [6, 6.07) is 7.62. The van der Waals surface area contributed by atoms with E-state index in [1.54, 1.807) is 11.0 Å². The van der Waals surface area contributed by atoms with Crippen molar-refractivity contribution < 1.29 is 14.3 Å². The molecule has 0 fully saturated rings. The van der Waals surface area contributed by atoms with Gasteiger partial charge < -0.3 is 9.64 Å². The molecule has 0 saturated carbocycles. The van der Waals surface area contributed by atoms with Crippen molar-refractivity contribution in [3.63, 3.8) is 0 Å². The summed E-state index contributed by atoms with van der Waals surface area (Å²) < 4.78 is 4.59. The third-order valence-corrected chi connectivity index (χ3v) is 3.54. The highest BCUT2D eigenvalue weighted by Crippen LogP contribution is 2.12. The molecule has 0 atom stereocenters. The van der Waals surface area contributed by atoms with E-state index in [4.69, 9.17) is 11.6 Å². The van der Waals surface area contributed by atoms with Gasteiger partial charge in [-0.25, -0.2) is 0 Å². The Bertz CT molecular complexity index is 499. The van der Waals surface area contributed by atoms with Gasteiger partial charge in [-0.3, -0.25) is 9.59 Å². The van der Waals surface area contributed by atoms with Crippen molar-refractivity contribution in [1.82, 2.24) is 4.90 Å². The van der Waals surface area contributed by atoms with Crippen molar-refractivity contribution in [2.75, 3.05) is 20.2 Å². The summed E-state index contributed by atoms with van der Waals surface area (Å²) in [5.74, 6) is -0.291. The lowest BCUT2D eigenvalue weighted by Gasteiger charge is -2.20. The fourth-order valence-corrected chi connectivity index (χ4v) is 2.18. The van der Waals surface area contributed by atoms with Crippen LogP contribution in [0.1, 0.15) is 24.8 Å². The van der Waals surface area contributed by atoms with Crippen molar-refractivity contribution in [2.24, 2.45) is 0 Å². The van der Waals surface area contributed by atoms with Crippen LogP contribution in [0, 0.1) is 0 Å². The number of hydrogen-bond acceptors (Lipinski definition) is 3. The predicted octanol–water partition coefficient (Wildman–Crippen LogP) is 3.24. The average Bonchev–Trinajstić information content (AvgIpc) is 2.52. The maximum atomic E-state index is 12.2. The van der Waals surface area contributed by atoms with Gasteiger partial charge in [0.2, 0.25) is 5.91 Å². The highest BCUT2D eigenvalue weighted by atomic mass is 35.5. The molecular formula is C17H22ClNO3. The van der Waals surface area contributed by atoms with Crippen LogP contribution in [0.5, 0.6) is 0 Å². The first-order chi connectivity index (χ1) is 10.6. The third kappa shape index (κ3) is 6.76. The number of carbonyl (C=O) groups excluding carboxylic acids is 2. The summed E-state index contributed by atoms with van der Waals surface area (Å²) in [5.41, 5.74) is 1.15. The lowest BCUT2D eigenvalue weighted by atomic mass is 10.1. The molecule has 0 heterocycles. The number of amides is 1. The minimum Gasteiger partial charge on any atom is -0.469 e. The quantitative estimate of drug-likeness (QED) is 0.518. The molecule has 1 amide bonds. The Kier molecular flexibility index (Phi) is 8.30. The molecule has 4 nitrogen and oxygen atoms in total. The first kappa shape index (κ1) is 18.2. The molecule has 1 aromatic carbocycles. The van der Waals surface area contributed by atoms with Crippen LogP contribution >= 0.6 is 11.6 Å². The lowest BCUT2D eigenvalue weighted by molar-refractivity contribution is -0.141. The summed E-state index contributed by atoms with van der Waals surface area (Å²) in [4.78, 5) is 25.0. The van der Waals surface area contributed by atoms with Crippen molar-refractivity contribution in [2.45, 2.75) is 25.7 Å². The zero-order chi connectivity index (χ0) is 16.4. The summed E-state index contributed by atoms with van der Waals surface area (Å²) >= 11 is 5.84. The van der Waals surface area contributed by atoms with Gasteiger partial charge in [0.05, 0.1) is 13.5 Å². The smallest absolute Gasteiger partial charge is 0.307 e. The van der Waals surface area contributed by atoms with Crippen LogP contribution in [0.4, 0.5) is 0 Å². The zero-order valence-corrected chi connectivity index (χ0v) is 13.6. The van der Waals surface area contributed by atoms with E-state index in [9.17, 15) is 9.59 Å². The highest BCUT2D eigenvalue weighted by molar-refractivity contribution is 6.30. The maximum Gasteiger partial charge on any atom is 0.307 e. The Hall–Kier alpha value is -1.81. The Labute approximate surface area is 136 Å². The molecule has 0 N–H and O–H groups in total. The molecule has 0 aliphatic carbocycles. The minimum absolute atomic E-state index is 0.0257. The Morgan fingerprint density at radius 1 is 1.27 bits per heavy atom. The second-order valence-corrected chi connectivity index (χ2v) is 5.37. The van der Waals surface area contributed by atoms with Gasteiger partial charge in [-0.1, -0.05) is 29.8 Å². The number of hydrogen-bond donors (Lipinski definition) is 0. The van der Waals surface area contributed by atoms with Crippen molar-refractivity contribution >= 4 is 23.5 Å². The number of benzene rings is 1. The minimum atomic E-state index is -0.317. The Morgan fingerprint density at radius 2 is 1.95 bits per heavy atom. The third-order valence-electron chi connectivity index (χ3n) is 3.29. The van der Waals surface area contributed by atoms with E-state index in [1.165, 1.54) is 7.11 Å². The van der Waals surface area contributed by atoms with Gasteiger partial charge in [0.1, 0.15) is 0 Å². The molecule has 22 heavy (non-hydrogen) atoms. The largest absolute Gasteiger partial charge is 0.469 e. The average molecular weight is 324 g/mol. The number of rotatable bonds is 9. The number of carbonyl (C=O) groups is 2. The predicted molar refractivity (Wildman–Crippen MR) is 87.8 cm³/mol. The molecule has 0 aliphatic rings. The van der Waals surface area contributed by atoms with Crippen LogP contribution in [0.3, 0.4) is 0 Å². The molecule has 0 spiro atoms. The second kappa shape index (κ2) is 10.0. The molecule has 5 heteroatoms. The first-order valence-electron chi connectivity index (χ1n) is 7.26. The molecule has 0 radical (unpaired) electrons. The molecule has 120 valence electrons. The molecule has 1 rings (SSSR count). The fraction of sp³-hybridized carbons (Fsp3) is 0.412. The van der Waals surface area contributed by atoms with Crippen LogP contribution in [0.2, 0.25) is 5.02 Å². The first-order valence-corrected chi connectivity index (χ1v) is 7.64. The van der Waals surface area contributed by atoms with Gasteiger partial charge in [0, 0.05) is 24.5 Å². The molecule has 0 unspecified atom stereocenters. The second-order valence-electron chi connectivity index (χ2n) is 4.93. The van der Waals surface area contributed by atoms with Gasteiger partial charge >= 0.3 is 5.97 Å². The van der Waals surface area contributed by atoms with Gasteiger partial charge in [-0.05, 0) is 30.5 Å². The molecule has 1 aromatic rings. The van der Waals surface area contributed by atoms with E-state index in [0.717, 1.165) is 18.4 Å². The number of esters is 1. The van der Waals surface area contributed by atoms with Crippen LogP contribution < -0.4 is 0 Å². The summed E-state index contributed by atoms with van der Waals surface area (Å²) in [6.45, 7) is 4.44. The fourth-order valence-electron chi connectivity index (χ4n) is 2.05. The van der Waals surface area contributed by atoms with Gasteiger partial charge in [0.25, 0.3) is 0 Å². The van der Waals surface area contributed by atoms with Crippen LogP contribution in [-0.2, 0) is 20.7 Å². The number of ether oxygens (including phenoxy) is 1.